The van der Waals surface area contributed by atoms with E-state index in [2.05, 4.69) is 5.32 Å². The molecule has 102 valence electrons. The molecule has 19 heavy (non-hydrogen) atoms. The number of carbonyl (C=O) groups excluding carboxylic acids is 2. The summed E-state index contributed by atoms with van der Waals surface area (Å²) in [6.07, 6.45) is 0. The Morgan fingerprint density at radius 3 is 2.68 bits per heavy atom. The number of hydrogen-bond acceptors (Lipinski definition) is 3. The van der Waals surface area contributed by atoms with E-state index in [0.717, 1.165) is 18.8 Å². The van der Waals surface area contributed by atoms with Crippen LogP contribution in [0, 0.1) is 0 Å². The van der Waals surface area contributed by atoms with Crippen molar-refractivity contribution in [3.63, 3.8) is 0 Å². The number of anilines is 2. The summed E-state index contributed by atoms with van der Waals surface area (Å²) in [6, 6.07) is 7.38. The summed E-state index contributed by atoms with van der Waals surface area (Å²) in [5.41, 5.74) is 1.48. The minimum Gasteiger partial charge on any atom is -0.323 e. The number of nitrogens with zero attached hydrogens (tertiary/aromatic N) is 2. The Labute approximate surface area is 113 Å². The van der Waals surface area contributed by atoms with Crippen LogP contribution < -0.4 is 10.2 Å². The van der Waals surface area contributed by atoms with Crippen LogP contribution in [0.15, 0.2) is 24.3 Å². The Kier molecular flexibility index (Phi) is 4.16. The molecule has 0 aromatic heterocycles. The number of rotatable bonds is 4. The lowest BCUT2D eigenvalue weighted by Crippen LogP contribution is -2.46. The van der Waals surface area contributed by atoms with E-state index in [1.165, 1.54) is 0 Å². The van der Waals surface area contributed by atoms with Gasteiger partial charge in [0.15, 0.2) is 0 Å². The molecule has 1 aliphatic heterocycles. The van der Waals surface area contributed by atoms with Crippen LogP contribution >= 0.6 is 0 Å². The van der Waals surface area contributed by atoms with Gasteiger partial charge in [-0.25, -0.2) is 0 Å². The summed E-state index contributed by atoms with van der Waals surface area (Å²) in [6.45, 7) is 6.13. The van der Waals surface area contributed by atoms with E-state index in [1.807, 2.05) is 43.0 Å². The zero-order valence-corrected chi connectivity index (χ0v) is 11.3. The molecule has 1 heterocycles. The number of nitrogens with one attached hydrogen (secondary N) is 1. The van der Waals surface area contributed by atoms with E-state index < -0.39 is 0 Å². The van der Waals surface area contributed by atoms with Crippen LogP contribution in [0.5, 0.6) is 0 Å². The van der Waals surface area contributed by atoms with Crippen molar-refractivity contribution in [2.24, 2.45) is 0 Å². The van der Waals surface area contributed by atoms with E-state index in [4.69, 9.17) is 0 Å². The Balaban J connectivity index is 2.20. The Morgan fingerprint density at radius 2 is 2.00 bits per heavy atom. The predicted octanol–water partition coefficient (Wildman–Crippen LogP) is 1.31. The molecule has 1 aromatic rings. The van der Waals surface area contributed by atoms with Crippen LogP contribution in [0.25, 0.3) is 0 Å². The molecule has 1 N–H and O–H groups in total. The maximum absolute atomic E-state index is 12.3. The van der Waals surface area contributed by atoms with Gasteiger partial charge in [-0.15, -0.1) is 0 Å². The van der Waals surface area contributed by atoms with Crippen molar-refractivity contribution in [2.75, 3.05) is 36.4 Å². The maximum Gasteiger partial charge on any atom is 0.244 e. The van der Waals surface area contributed by atoms with Crippen molar-refractivity contribution < 1.29 is 9.59 Å². The zero-order chi connectivity index (χ0) is 13.8. The van der Waals surface area contributed by atoms with Crippen LogP contribution in [0.2, 0.25) is 0 Å². The number of likely N-dealkylation sites (N-methyl/N-ethyl adjacent to an activating group) is 1. The van der Waals surface area contributed by atoms with Gasteiger partial charge in [-0.1, -0.05) is 26.0 Å². The maximum atomic E-state index is 12.3. The van der Waals surface area contributed by atoms with Crippen LogP contribution in [0.3, 0.4) is 0 Å². The molecule has 0 saturated carbocycles. The van der Waals surface area contributed by atoms with Gasteiger partial charge in [0.1, 0.15) is 6.54 Å². The zero-order valence-electron chi connectivity index (χ0n) is 11.3. The van der Waals surface area contributed by atoms with Crippen molar-refractivity contribution in [2.45, 2.75) is 13.8 Å². The summed E-state index contributed by atoms with van der Waals surface area (Å²) < 4.78 is 0. The molecule has 5 heteroatoms. The molecule has 0 radical (unpaired) electrons. The molecule has 5 nitrogen and oxygen atoms in total. The van der Waals surface area contributed by atoms with E-state index in [9.17, 15) is 9.59 Å². The molecule has 0 aliphatic carbocycles. The van der Waals surface area contributed by atoms with Crippen molar-refractivity contribution in [3.05, 3.63) is 24.3 Å². The average molecular weight is 261 g/mol. The van der Waals surface area contributed by atoms with Crippen molar-refractivity contribution in [1.29, 1.82) is 0 Å². The van der Waals surface area contributed by atoms with E-state index >= 15 is 0 Å². The number of amides is 2. The van der Waals surface area contributed by atoms with Crippen molar-refractivity contribution in [3.8, 4) is 0 Å². The van der Waals surface area contributed by atoms with Crippen molar-refractivity contribution >= 4 is 23.2 Å². The smallest absolute Gasteiger partial charge is 0.244 e. The summed E-state index contributed by atoms with van der Waals surface area (Å²) in [4.78, 5) is 27.6. The van der Waals surface area contributed by atoms with Gasteiger partial charge >= 0.3 is 0 Å². The van der Waals surface area contributed by atoms with Gasteiger partial charge in [-0.05, 0) is 25.2 Å². The first-order valence-corrected chi connectivity index (χ1v) is 6.57. The Morgan fingerprint density at radius 1 is 1.32 bits per heavy atom. The number of hydrogen-bond donors (Lipinski definition) is 1. The number of para-hydroxylation sites is 2. The number of benzene rings is 1. The molecule has 0 saturated heterocycles. The fourth-order valence-electron chi connectivity index (χ4n) is 2.18. The molecule has 1 aromatic carbocycles. The SMILES string of the molecule is CCN(CC)CC(=O)N1CC(=O)Nc2ccccc21. The largest absolute Gasteiger partial charge is 0.323 e. The minimum atomic E-state index is -0.147. The first-order valence-electron chi connectivity index (χ1n) is 6.57. The molecule has 0 bridgehead atoms. The van der Waals surface area contributed by atoms with Gasteiger partial charge in [0.05, 0.1) is 17.9 Å². The lowest BCUT2D eigenvalue weighted by molar-refractivity contribution is -0.122. The summed E-state index contributed by atoms with van der Waals surface area (Å²) in [5, 5.41) is 2.78. The van der Waals surface area contributed by atoms with Gasteiger partial charge in [0.25, 0.3) is 0 Å². The van der Waals surface area contributed by atoms with Gasteiger partial charge < -0.3 is 5.32 Å². The Bertz CT molecular complexity index is 483. The molecule has 2 amide bonds. The number of fused-ring (bicyclic) bond motifs is 1. The third-order valence-corrected chi connectivity index (χ3v) is 3.33. The predicted molar refractivity (Wildman–Crippen MR) is 75.2 cm³/mol. The van der Waals surface area contributed by atoms with E-state index in [-0.39, 0.29) is 18.4 Å². The molecule has 0 atom stereocenters. The highest BCUT2D eigenvalue weighted by Crippen LogP contribution is 2.28. The minimum absolute atomic E-state index is 0.0361. The molecule has 1 aliphatic rings. The lowest BCUT2D eigenvalue weighted by atomic mass is 10.2. The highest BCUT2D eigenvalue weighted by atomic mass is 16.2. The molecule has 2 rings (SSSR count). The second-order valence-corrected chi connectivity index (χ2v) is 4.51. The fourth-order valence-corrected chi connectivity index (χ4v) is 2.18. The Hall–Kier alpha value is -1.88. The van der Waals surface area contributed by atoms with Crippen LogP contribution in [0.4, 0.5) is 11.4 Å². The van der Waals surface area contributed by atoms with Gasteiger partial charge in [0.2, 0.25) is 11.8 Å². The van der Waals surface area contributed by atoms with E-state index in [1.54, 1.807) is 4.90 Å². The topological polar surface area (TPSA) is 52.7 Å². The third-order valence-electron chi connectivity index (χ3n) is 3.33. The highest BCUT2D eigenvalue weighted by Gasteiger charge is 2.26. The quantitative estimate of drug-likeness (QED) is 0.889. The molecule has 0 unspecified atom stereocenters. The molecule has 0 spiro atoms. The fraction of sp³-hybridized carbons (Fsp3) is 0.429. The third kappa shape index (κ3) is 2.93. The van der Waals surface area contributed by atoms with Crippen LogP contribution in [-0.2, 0) is 9.59 Å². The normalized spacial score (nSPS) is 14.3. The monoisotopic (exact) mass is 261 g/mol. The van der Waals surface area contributed by atoms with Gasteiger partial charge in [-0.3, -0.25) is 19.4 Å². The van der Waals surface area contributed by atoms with E-state index in [0.29, 0.717) is 12.2 Å². The summed E-state index contributed by atoms with van der Waals surface area (Å²) >= 11 is 0. The summed E-state index contributed by atoms with van der Waals surface area (Å²) in [7, 11) is 0. The summed E-state index contributed by atoms with van der Waals surface area (Å²) in [5.74, 6) is -0.183. The first kappa shape index (κ1) is 13.5. The second kappa shape index (κ2) is 5.84. The second-order valence-electron chi connectivity index (χ2n) is 4.51. The molecule has 0 fully saturated rings. The molecular weight excluding hydrogens is 242 g/mol. The van der Waals surface area contributed by atoms with Gasteiger partial charge in [-0.2, -0.15) is 0 Å². The molecular formula is C14H19N3O2. The average Bonchev–Trinajstić information content (AvgIpc) is 2.43. The van der Waals surface area contributed by atoms with Crippen molar-refractivity contribution in [1.82, 2.24) is 4.90 Å². The van der Waals surface area contributed by atoms with Crippen LogP contribution in [-0.4, -0.2) is 42.9 Å². The highest BCUT2D eigenvalue weighted by molar-refractivity contribution is 6.10. The number of carbonyl (C=O) groups is 2. The van der Waals surface area contributed by atoms with Crippen LogP contribution in [0.1, 0.15) is 13.8 Å². The first-order chi connectivity index (χ1) is 9.15. The van der Waals surface area contributed by atoms with Gasteiger partial charge in [0, 0.05) is 0 Å². The standard InChI is InChI=1S/C14H19N3O2/c1-3-16(4-2)10-14(19)17-9-13(18)15-11-7-5-6-8-12(11)17/h5-8H,3-4,9-10H2,1-2H3,(H,15,18). The lowest BCUT2D eigenvalue weighted by Gasteiger charge is -2.30.